The van der Waals surface area contributed by atoms with Crippen LogP contribution in [0.2, 0.25) is 0 Å². The van der Waals surface area contributed by atoms with Gasteiger partial charge in [0.2, 0.25) is 0 Å². The molecule has 1 heterocycles. The Hall–Kier alpha value is -2.34. The average molecular weight is 330 g/mol. The zero-order valence-electron chi connectivity index (χ0n) is 14.9. The predicted octanol–water partition coefficient (Wildman–Crippen LogP) is 2.32. The minimum atomic E-state index is 0.00213. The molecule has 2 rings (SSSR count). The molecule has 0 radical (unpaired) electrons. The van der Waals surface area contributed by atoms with Crippen molar-refractivity contribution >= 4 is 5.91 Å². The molecule has 0 aliphatic rings. The van der Waals surface area contributed by atoms with Crippen molar-refractivity contribution in [2.24, 2.45) is 0 Å². The third kappa shape index (κ3) is 4.83. The average Bonchev–Trinajstić information content (AvgIpc) is 2.96. The van der Waals surface area contributed by atoms with E-state index in [1.165, 1.54) is 0 Å². The first kappa shape index (κ1) is 18.0. The van der Waals surface area contributed by atoms with Gasteiger partial charge in [0.15, 0.2) is 0 Å². The van der Waals surface area contributed by atoms with Crippen molar-refractivity contribution in [2.45, 2.75) is 20.4 Å². The second-order valence-corrected chi connectivity index (χ2v) is 5.96. The first-order valence-corrected chi connectivity index (χ1v) is 8.17. The lowest BCUT2D eigenvalue weighted by atomic mass is 10.1. The van der Waals surface area contributed by atoms with Gasteiger partial charge >= 0.3 is 0 Å². The van der Waals surface area contributed by atoms with E-state index in [2.05, 4.69) is 14.9 Å². The van der Waals surface area contributed by atoms with Gasteiger partial charge in [0.25, 0.3) is 5.91 Å². The fourth-order valence-electron chi connectivity index (χ4n) is 2.34. The predicted molar refractivity (Wildman–Crippen MR) is 94.2 cm³/mol. The molecule has 0 saturated heterocycles. The van der Waals surface area contributed by atoms with E-state index < -0.39 is 0 Å². The minimum absolute atomic E-state index is 0.00213. The molecule has 0 atom stereocenters. The second-order valence-electron chi connectivity index (χ2n) is 5.96. The molecule has 1 amide bonds. The van der Waals surface area contributed by atoms with Crippen LogP contribution in [0, 0.1) is 6.92 Å². The highest BCUT2D eigenvalue weighted by atomic mass is 16.5. The Bertz CT molecular complexity index is 649. The molecule has 1 aromatic heterocycles. The number of H-pyrrole nitrogens is 1. The monoisotopic (exact) mass is 330 g/mol. The number of carbonyl (C=O) groups excluding carboxylic acids is 1. The molecule has 0 bridgehead atoms. The Kier molecular flexibility index (Phi) is 6.37. The number of hydrogen-bond acceptors (Lipinski definition) is 4. The molecule has 1 N–H and O–H groups in total. The van der Waals surface area contributed by atoms with Gasteiger partial charge in [0, 0.05) is 24.3 Å². The number of aryl methyl sites for hydroxylation is 1. The maximum absolute atomic E-state index is 12.9. The van der Waals surface area contributed by atoms with Crippen LogP contribution in [-0.4, -0.2) is 59.5 Å². The summed E-state index contributed by atoms with van der Waals surface area (Å²) in [6, 6.07) is 7.29. The number of hydrogen-bond donors (Lipinski definition) is 1. The van der Waals surface area contributed by atoms with Crippen LogP contribution in [0.4, 0.5) is 0 Å². The van der Waals surface area contributed by atoms with E-state index in [1.807, 2.05) is 57.1 Å². The van der Waals surface area contributed by atoms with Gasteiger partial charge in [-0.3, -0.25) is 4.79 Å². The Morgan fingerprint density at radius 2 is 1.92 bits per heavy atom. The molecule has 2 aromatic rings. The Balaban J connectivity index is 2.14. The van der Waals surface area contributed by atoms with Crippen LogP contribution in [0.1, 0.15) is 28.7 Å². The van der Waals surface area contributed by atoms with Crippen molar-refractivity contribution in [3.8, 4) is 5.75 Å². The molecule has 0 aliphatic heterocycles. The van der Waals surface area contributed by atoms with Crippen molar-refractivity contribution in [3.63, 3.8) is 0 Å². The number of aromatic amines is 1. The highest BCUT2D eigenvalue weighted by molar-refractivity contribution is 5.94. The lowest BCUT2D eigenvalue weighted by Crippen LogP contribution is -2.36. The van der Waals surface area contributed by atoms with Gasteiger partial charge in [0.1, 0.15) is 5.75 Å². The summed E-state index contributed by atoms with van der Waals surface area (Å²) in [5, 5.41) is 0. The summed E-state index contributed by atoms with van der Waals surface area (Å²) in [4.78, 5) is 24.2. The SMILES string of the molecule is CCOc1ccc(C(=O)N(CCN(C)C)Cc2nc[nH]c2C)cc1. The Morgan fingerprint density at radius 3 is 2.46 bits per heavy atom. The number of rotatable bonds is 8. The number of carbonyl (C=O) groups is 1. The van der Waals surface area contributed by atoms with Crippen LogP contribution in [0.15, 0.2) is 30.6 Å². The molecule has 0 unspecified atom stereocenters. The summed E-state index contributed by atoms with van der Waals surface area (Å²) in [6.45, 7) is 6.45. The number of ether oxygens (including phenoxy) is 1. The lowest BCUT2D eigenvalue weighted by molar-refractivity contribution is 0.0730. The van der Waals surface area contributed by atoms with Gasteiger partial charge in [-0.2, -0.15) is 0 Å². The maximum Gasteiger partial charge on any atom is 0.254 e. The number of nitrogens with one attached hydrogen (secondary N) is 1. The highest BCUT2D eigenvalue weighted by Gasteiger charge is 2.18. The number of imidazole rings is 1. The van der Waals surface area contributed by atoms with Crippen molar-refractivity contribution in [3.05, 3.63) is 47.5 Å². The van der Waals surface area contributed by atoms with Crippen LogP contribution in [0.5, 0.6) is 5.75 Å². The number of benzene rings is 1. The second kappa shape index (κ2) is 8.49. The standard InChI is InChI=1S/C18H26N4O2/c1-5-24-16-8-6-15(7-9-16)18(23)22(11-10-21(3)4)12-17-14(2)19-13-20-17/h6-9,13H,5,10-12H2,1-4H3,(H,19,20). The number of amides is 1. The van der Waals surface area contributed by atoms with E-state index in [-0.39, 0.29) is 5.91 Å². The fourth-order valence-corrected chi connectivity index (χ4v) is 2.34. The summed E-state index contributed by atoms with van der Waals surface area (Å²) in [7, 11) is 4.00. The quantitative estimate of drug-likeness (QED) is 0.807. The van der Waals surface area contributed by atoms with Gasteiger partial charge in [-0.25, -0.2) is 4.98 Å². The summed E-state index contributed by atoms with van der Waals surface area (Å²) in [5.41, 5.74) is 2.54. The van der Waals surface area contributed by atoms with Crippen LogP contribution in [0.3, 0.4) is 0 Å². The van der Waals surface area contributed by atoms with Crippen molar-refractivity contribution in [1.29, 1.82) is 0 Å². The molecular weight excluding hydrogens is 304 g/mol. The molecule has 0 saturated carbocycles. The zero-order valence-corrected chi connectivity index (χ0v) is 14.9. The van der Waals surface area contributed by atoms with Gasteiger partial charge in [-0.05, 0) is 52.2 Å². The van der Waals surface area contributed by atoms with Crippen LogP contribution in [0.25, 0.3) is 0 Å². The van der Waals surface area contributed by atoms with Crippen molar-refractivity contribution in [2.75, 3.05) is 33.8 Å². The van der Waals surface area contributed by atoms with E-state index in [0.29, 0.717) is 25.3 Å². The molecular formula is C18H26N4O2. The number of nitrogens with zero attached hydrogens (tertiary/aromatic N) is 3. The first-order valence-electron chi connectivity index (χ1n) is 8.17. The third-order valence-corrected chi connectivity index (χ3v) is 3.79. The number of aromatic nitrogens is 2. The molecule has 6 heteroatoms. The molecule has 0 aliphatic carbocycles. The van der Waals surface area contributed by atoms with Crippen LogP contribution in [-0.2, 0) is 6.54 Å². The van der Waals surface area contributed by atoms with Gasteiger partial charge in [-0.1, -0.05) is 0 Å². The van der Waals surface area contributed by atoms with Crippen LogP contribution < -0.4 is 4.74 Å². The van der Waals surface area contributed by atoms with E-state index in [9.17, 15) is 4.79 Å². The van der Waals surface area contributed by atoms with Gasteiger partial charge < -0.3 is 19.5 Å². The topological polar surface area (TPSA) is 61.5 Å². The largest absolute Gasteiger partial charge is 0.494 e. The molecule has 130 valence electrons. The molecule has 0 spiro atoms. The highest BCUT2D eigenvalue weighted by Crippen LogP contribution is 2.15. The van der Waals surface area contributed by atoms with E-state index in [0.717, 1.165) is 23.7 Å². The maximum atomic E-state index is 12.9. The Labute approximate surface area is 143 Å². The van der Waals surface area contributed by atoms with Gasteiger partial charge in [-0.15, -0.1) is 0 Å². The molecule has 0 fully saturated rings. The molecule has 1 aromatic carbocycles. The lowest BCUT2D eigenvalue weighted by Gasteiger charge is -2.24. The molecule has 24 heavy (non-hydrogen) atoms. The number of likely N-dealkylation sites (N-methyl/N-ethyl adjacent to an activating group) is 1. The summed E-state index contributed by atoms with van der Waals surface area (Å²) in [6.07, 6.45) is 1.66. The van der Waals surface area contributed by atoms with Gasteiger partial charge in [0.05, 0.1) is 25.2 Å². The van der Waals surface area contributed by atoms with E-state index in [4.69, 9.17) is 4.74 Å². The fraction of sp³-hybridized carbons (Fsp3) is 0.444. The first-order chi connectivity index (χ1) is 11.5. The zero-order chi connectivity index (χ0) is 17.5. The van der Waals surface area contributed by atoms with E-state index >= 15 is 0 Å². The summed E-state index contributed by atoms with van der Waals surface area (Å²) >= 11 is 0. The normalized spacial score (nSPS) is 10.9. The van der Waals surface area contributed by atoms with E-state index in [1.54, 1.807) is 6.33 Å². The third-order valence-electron chi connectivity index (χ3n) is 3.79. The van der Waals surface area contributed by atoms with Crippen molar-refractivity contribution < 1.29 is 9.53 Å². The smallest absolute Gasteiger partial charge is 0.254 e. The molecule has 6 nitrogen and oxygen atoms in total. The van der Waals surface area contributed by atoms with Crippen molar-refractivity contribution in [1.82, 2.24) is 19.8 Å². The minimum Gasteiger partial charge on any atom is -0.494 e. The Morgan fingerprint density at radius 1 is 1.21 bits per heavy atom. The summed E-state index contributed by atoms with van der Waals surface area (Å²) in [5.74, 6) is 0.777. The van der Waals surface area contributed by atoms with Crippen LogP contribution >= 0.6 is 0 Å². The summed E-state index contributed by atoms with van der Waals surface area (Å²) < 4.78 is 5.44.